The first-order valence-corrected chi connectivity index (χ1v) is 6.42. The Morgan fingerprint density at radius 3 is 2.55 bits per heavy atom. The van der Waals surface area contributed by atoms with E-state index < -0.39 is 5.97 Å². The van der Waals surface area contributed by atoms with Gasteiger partial charge in [-0.15, -0.1) is 0 Å². The van der Waals surface area contributed by atoms with Gasteiger partial charge >= 0.3 is 5.97 Å². The highest BCUT2D eigenvalue weighted by molar-refractivity contribution is 5.93. The number of carbonyl (C=O) groups excluding carboxylic acids is 1. The lowest BCUT2D eigenvalue weighted by Gasteiger charge is -2.06. The summed E-state index contributed by atoms with van der Waals surface area (Å²) >= 11 is 0. The summed E-state index contributed by atoms with van der Waals surface area (Å²) in [6, 6.07) is 1.87. The van der Waals surface area contributed by atoms with Gasteiger partial charge in [-0.25, -0.2) is 4.79 Å². The summed E-state index contributed by atoms with van der Waals surface area (Å²) in [5.74, 6) is -0.476. The Morgan fingerprint density at radius 2 is 2.05 bits per heavy atom. The normalized spacial score (nSPS) is 10.8. The topological polar surface area (TPSA) is 88.0 Å². The van der Waals surface area contributed by atoms with Crippen LogP contribution in [0.4, 0.5) is 5.69 Å². The minimum Gasteiger partial charge on any atom is -0.454 e. The molecule has 0 aliphatic carbocycles. The molecule has 2 aromatic rings. The Bertz CT molecular complexity index is 641. The number of rotatable bonds is 4. The highest BCUT2D eigenvalue weighted by atomic mass is 16.5. The third-order valence-electron chi connectivity index (χ3n) is 3.14. The molecule has 0 aliphatic rings. The van der Waals surface area contributed by atoms with E-state index >= 15 is 0 Å². The SMILES string of the molecule is CCc1nn(C)c(C(=O)OCc2cc(C)nn2C)c1N. The number of ether oxygens (including phenoxy) is 1. The minimum absolute atomic E-state index is 0.155. The molecule has 7 nitrogen and oxygen atoms in total. The van der Waals surface area contributed by atoms with Crippen LogP contribution in [0.3, 0.4) is 0 Å². The zero-order chi connectivity index (χ0) is 14.9. The predicted molar refractivity (Wildman–Crippen MR) is 74.1 cm³/mol. The molecule has 0 atom stereocenters. The molecule has 0 unspecified atom stereocenters. The maximum Gasteiger partial charge on any atom is 0.359 e. The summed E-state index contributed by atoms with van der Waals surface area (Å²) in [7, 11) is 3.49. The molecular weight excluding hydrogens is 258 g/mol. The first kappa shape index (κ1) is 14.1. The van der Waals surface area contributed by atoms with Crippen molar-refractivity contribution in [2.24, 2.45) is 14.1 Å². The molecule has 7 heteroatoms. The highest BCUT2D eigenvalue weighted by Gasteiger charge is 2.20. The van der Waals surface area contributed by atoms with Crippen LogP contribution < -0.4 is 5.73 Å². The highest BCUT2D eigenvalue weighted by Crippen LogP contribution is 2.18. The monoisotopic (exact) mass is 277 g/mol. The van der Waals surface area contributed by atoms with E-state index in [0.29, 0.717) is 23.5 Å². The molecule has 0 amide bonds. The van der Waals surface area contributed by atoms with Gasteiger partial charge in [-0.2, -0.15) is 10.2 Å². The van der Waals surface area contributed by atoms with Crippen molar-refractivity contribution in [3.63, 3.8) is 0 Å². The van der Waals surface area contributed by atoms with E-state index in [1.165, 1.54) is 4.68 Å². The Hall–Kier alpha value is -2.31. The van der Waals surface area contributed by atoms with Gasteiger partial charge in [0.05, 0.1) is 22.8 Å². The third kappa shape index (κ3) is 2.52. The fourth-order valence-electron chi connectivity index (χ4n) is 2.11. The fraction of sp³-hybridized carbons (Fsp3) is 0.462. The van der Waals surface area contributed by atoms with Gasteiger partial charge in [-0.1, -0.05) is 6.92 Å². The van der Waals surface area contributed by atoms with Crippen molar-refractivity contribution in [1.29, 1.82) is 0 Å². The van der Waals surface area contributed by atoms with Crippen molar-refractivity contribution in [2.45, 2.75) is 26.9 Å². The summed E-state index contributed by atoms with van der Waals surface area (Å²) in [6.45, 7) is 3.98. The van der Waals surface area contributed by atoms with Gasteiger partial charge in [-0.3, -0.25) is 9.36 Å². The molecule has 0 radical (unpaired) electrons. The average Bonchev–Trinajstić information content (AvgIpc) is 2.86. The van der Waals surface area contributed by atoms with E-state index in [2.05, 4.69) is 10.2 Å². The largest absolute Gasteiger partial charge is 0.454 e. The second-order valence-corrected chi connectivity index (χ2v) is 4.66. The zero-order valence-corrected chi connectivity index (χ0v) is 12.2. The summed E-state index contributed by atoms with van der Waals surface area (Å²) < 4.78 is 8.44. The number of nitrogens with zero attached hydrogens (tertiary/aromatic N) is 4. The van der Waals surface area contributed by atoms with E-state index in [-0.39, 0.29) is 6.61 Å². The summed E-state index contributed by atoms with van der Waals surface area (Å²) in [4.78, 5) is 12.1. The predicted octanol–water partition coefficient (Wildman–Crippen LogP) is 0.964. The van der Waals surface area contributed by atoms with Crippen LogP contribution >= 0.6 is 0 Å². The summed E-state index contributed by atoms with van der Waals surface area (Å²) in [5, 5.41) is 8.40. The number of anilines is 1. The summed E-state index contributed by atoms with van der Waals surface area (Å²) in [6.07, 6.45) is 0.674. The van der Waals surface area contributed by atoms with Crippen molar-refractivity contribution in [3.05, 3.63) is 28.8 Å². The van der Waals surface area contributed by atoms with Gasteiger partial charge in [0.1, 0.15) is 6.61 Å². The number of aromatic nitrogens is 4. The molecule has 0 aliphatic heterocycles. The smallest absolute Gasteiger partial charge is 0.359 e. The van der Waals surface area contributed by atoms with E-state index in [4.69, 9.17) is 10.5 Å². The molecule has 2 heterocycles. The standard InChI is InChI=1S/C13H19N5O2/c1-5-10-11(14)12(18(4)16-10)13(19)20-7-9-6-8(2)15-17(9)3/h6H,5,7,14H2,1-4H3. The Balaban J connectivity index is 2.13. The van der Waals surface area contributed by atoms with Crippen LogP contribution in [0.5, 0.6) is 0 Å². The van der Waals surface area contributed by atoms with Crippen molar-refractivity contribution in [3.8, 4) is 0 Å². The quantitative estimate of drug-likeness (QED) is 0.841. The van der Waals surface area contributed by atoms with E-state index in [9.17, 15) is 4.79 Å². The number of aryl methyl sites for hydroxylation is 4. The van der Waals surface area contributed by atoms with Crippen molar-refractivity contribution in [1.82, 2.24) is 19.6 Å². The van der Waals surface area contributed by atoms with Crippen LogP contribution in [0.2, 0.25) is 0 Å². The number of esters is 1. The Labute approximate surface area is 117 Å². The molecule has 0 saturated carbocycles. The average molecular weight is 277 g/mol. The van der Waals surface area contributed by atoms with Crippen molar-refractivity contribution < 1.29 is 9.53 Å². The van der Waals surface area contributed by atoms with Crippen LogP contribution in [0.25, 0.3) is 0 Å². The van der Waals surface area contributed by atoms with Crippen LogP contribution in [0, 0.1) is 6.92 Å². The third-order valence-corrected chi connectivity index (χ3v) is 3.14. The fourth-order valence-corrected chi connectivity index (χ4v) is 2.11. The molecule has 0 bridgehead atoms. The first-order chi connectivity index (χ1) is 9.43. The maximum absolute atomic E-state index is 12.1. The van der Waals surface area contributed by atoms with Crippen molar-refractivity contribution in [2.75, 3.05) is 5.73 Å². The van der Waals surface area contributed by atoms with Crippen LogP contribution in [-0.2, 0) is 31.9 Å². The molecule has 0 aromatic carbocycles. The van der Waals surface area contributed by atoms with Crippen LogP contribution in [-0.4, -0.2) is 25.5 Å². The first-order valence-electron chi connectivity index (χ1n) is 6.42. The molecule has 2 rings (SSSR count). The number of nitrogens with two attached hydrogens (primary N) is 1. The molecular formula is C13H19N5O2. The van der Waals surface area contributed by atoms with Crippen molar-refractivity contribution >= 4 is 11.7 Å². The van der Waals surface area contributed by atoms with Gasteiger partial charge < -0.3 is 10.5 Å². The van der Waals surface area contributed by atoms with E-state index in [0.717, 1.165) is 11.4 Å². The number of hydrogen-bond acceptors (Lipinski definition) is 5. The van der Waals surface area contributed by atoms with Gasteiger partial charge in [0, 0.05) is 14.1 Å². The molecule has 0 spiro atoms. The second-order valence-electron chi connectivity index (χ2n) is 4.66. The Morgan fingerprint density at radius 1 is 1.35 bits per heavy atom. The summed E-state index contributed by atoms with van der Waals surface area (Å²) in [5.41, 5.74) is 9.01. The van der Waals surface area contributed by atoms with Crippen LogP contribution in [0.15, 0.2) is 6.07 Å². The molecule has 2 aromatic heterocycles. The molecule has 20 heavy (non-hydrogen) atoms. The molecule has 0 saturated heterocycles. The van der Waals surface area contributed by atoms with E-state index in [1.807, 2.05) is 27.0 Å². The van der Waals surface area contributed by atoms with Gasteiger partial charge in [0.2, 0.25) is 0 Å². The lowest BCUT2D eigenvalue weighted by molar-refractivity contribution is 0.0452. The lowest BCUT2D eigenvalue weighted by atomic mass is 10.2. The second kappa shape index (κ2) is 5.36. The van der Waals surface area contributed by atoms with E-state index in [1.54, 1.807) is 11.7 Å². The molecule has 2 N–H and O–H groups in total. The number of carbonyl (C=O) groups is 1. The molecule has 108 valence electrons. The molecule has 0 fully saturated rings. The lowest BCUT2D eigenvalue weighted by Crippen LogP contribution is -2.13. The zero-order valence-electron chi connectivity index (χ0n) is 12.2. The van der Waals surface area contributed by atoms with Gasteiger partial charge in [0.15, 0.2) is 5.69 Å². The van der Waals surface area contributed by atoms with Crippen LogP contribution in [0.1, 0.15) is 34.5 Å². The number of nitrogen functional groups attached to an aromatic ring is 1. The Kier molecular flexibility index (Phi) is 3.78. The van der Waals surface area contributed by atoms with Gasteiger partial charge in [-0.05, 0) is 19.4 Å². The van der Waals surface area contributed by atoms with Gasteiger partial charge in [0.25, 0.3) is 0 Å². The maximum atomic E-state index is 12.1. The minimum atomic E-state index is -0.476. The number of hydrogen-bond donors (Lipinski definition) is 1.